The molecule has 0 fully saturated rings. The van der Waals surface area contributed by atoms with Crippen molar-refractivity contribution >= 4 is 23.6 Å². The molecule has 0 saturated carbocycles. The molecule has 2 rings (SSSR count). The number of non-ortho nitro benzene ring substituents is 1. The molecule has 1 heterocycles. The number of carbonyl (C=O) groups excluding carboxylic acids is 2. The lowest BCUT2D eigenvalue weighted by molar-refractivity contribution is -0.858. The van der Waals surface area contributed by atoms with Crippen LogP contribution >= 0.6 is 0 Å². The molecule has 0 unspecified atom stereocenters. The lowest BCUT2D eigenvalue weighted by atomic mass is 10.2. The third-order valence-electron chi connectivity index (χ3n) is 3.80. The molecule has 0 radical (unpaired) electrons. The Balaban J connectivity index is 2.09. The van der Waals surface area contributed by atoms with Crippen LogP contribution in [0.3, 0.4) is 0 Å². The van der Waals surface area contributed by atoms with Gasteiger partial charge >= 0.3 is 0 Å². The van der Waals surface area contributed by atoms with E-state index in [1.165, 1.54) is 41.5 Å². The molecular formula is C19H23N4O5+. The van der Waals surface area contributed by atoms with E-state index in [0.717, 1.165) is 13.0 Å². The fourth-order valence-corrected chi connectivity index (χ4v) is 2.34. The minimum Gasteiger partial charge on any atom is -0.465 e. The fraction of sp³-hybridized carbons (Fsp3) is 0.263. The van der Waals surface area contributed by atoms with E-state index in [2.05, 4.69) is 10.6 Å². The van der Waals surface area contributed by atoms with Crippen molar-refractivity contribution < 1.29 is 23.8 Å². The summed E-state index contributed by atoms with van der Waals surface area (Å²) in [5.74, 6) is -0.590. The number of furan rings is 1. The van der Waals surface area contributed by atoms with Crippen molar-refractivity contribution in [2.75, 3.05) is 27.2 Å². The summed E-state index contributed by atoms with van der Waals surface area (Å²) in [6.45, 7) is 1.36. The van der Waals surface area contributed by atoms with Gasteiger partial charge < -0.3 is 20.0 Å². The van der Waals surface area contributed by atoms with Crippen LogP contribution in [0, 0.1) is 10.1 Å². The summed E-state index contributed by atoms with van der Waals surface area (Å²) >= 11 is 0. The summed E-state index contributed by atoms with van der Waals surface area (Å²) in [6.07, 6.45) is 3.67. The first kappa shape index (κ1) is 20.8. The molecule has 0 atom stereocenters. The number of carbonyl (C=O) groups is 2. The van der Waals surface area contributed by atoms with Gasteiger partial charge in [0.1, 0.15) is 11.5 Å². The maximum absolute atomic E-state index is 12.5. The third kappa shape index (κ3) is 6.36. The molecule has 0 aliphatic heterocycles. The van der Waals surface area contributed by atoms with Crippen molar-refractivity contribution in [2.24, 2.45) is 0 Å². The van der Waals surface area contributed by atoms with Gasteiger partial charge in [-0.15, -0.1) is 0 Å². The van der Waals surface area contributed by atoms with Crippen molar-refractivity contribution in [2.45, 2.75) is 6.42 Å². The van der Waals surface area contributed by atoms with Crippen LogP contribution in [0.15, 0.2) is 52.8 Å². The second-order valence-corrected chi connectivity index (χ2v) is 6.40. The number of amides is 2. The van der Waals surface area contributed by atoms with Crippen molar-refractivity contribution in [1.29, 1.82) is 0 Å². The molecule has 0 aliphatic rings. The van der Waals surface area contributed by atoms with Crippen LogP contribution in [-0.4, -0.2) is 43.9 Å². The van der Waals surface area contributed by atoms with Crippen LogP contribution in [0.4, 0.5) is 5.69 Å². The minimum atomic E-state index is -0.555. The normalized spacial score (nSPS) is 11.3. The minimum absolute atomic E-state index is 0.0236. The largest absolute Gasteiger partial charge is 0.465 e. The summed E-state index contributed by atoms with van der Waals surface area (Å²) in [5.41, 5.74) is 0.0964. The van der Waals surface area contributed by atoms with Crippen LogP contribution in [0.1, 0.15) is 22.5 Å². The molecule has 9 nitrogen and oxygen atoms in total. The number of nitro benzene ring substituents is 1. The number of nitrogens with one attached hydrogen (secondary N) is 3. The van der Waals surface area contributed by atoms with Gasteiger partial charge in [0.05, 0.1) is 31.8 Å². The van der Waals surface area contributed by atoms with E-state index in [1.54, 1.807) is 12.1 Å². The molecule has 9 heteroatoms. The van der Waals surface area contributed by atoms with Gasteiger partial charge in [0, 0.05) is 36.7 Å². The second-order valence-electron chi connectivity index (χ2n) is 6.40. The van der Waals surface area contributed by atoms with Crippen molar-refractivity contribution in [3.63, 3.8) is 0 Å². The van der Waals surface area contributed by atoms with E-state index in [-0.39, 0.29) is 16.9 Å². The summed E-state index contributed by atoms with van der Waals surface area (Å²) in [7, 11) is 4.04. The number of benzene rings is 1. The Hall–Kier alpha value is -3.46. The first-order valence-corrected chi connectivity index (χ1v) is 8.75. The molecular weight excluding hydrogens is 364 g/mol. The Bertz CT molecular complexity index is 842. The molecule has 1 aromatic carbocycles. The summed E-state index contributed by atoms with van der Waals surface area (Å²) in [5, 5.41) is 16.0. The van der Waals surface area contributed by atoms with Gasteiger partial charge in [-0.2, -0.15) is 0 Å². The number of quaternary nitrogens is 1. The number of hydrogen-bond donors (Lipinski definition) is 3. The van der Waals surface area contributed by atoms with E-state index in [4.69, 9.17) is 4.42 Å². The predicted octanol–water partition coefficient (Wildman–Crippen LogP) is 0.610. The zero-order chi connectivity index (χ0) is 20.5. The van der Waals surface area contributed by atoms with E-state index in [0.29, 0.717) is 12.3 Å². The van der Waals surface area contributed by atoms with Crippen LogP contribution in [0.5, 0.6) is 0 Å². The molecule has 0 saturated heterocycles. The van der Waals surface area contributed by atoms with Gasteiger partial charge in [-0.25, -0.2) is 0 Å². The zero-order valence-electron chi connectivity index (χ0n) is 15.7. The first-order valence-electron chi connectivity index (χ1n) is 8.75. The van der Waals surface area contributed by atoms with E-state index in [9.17, 15) is 19.7 Å². The van der Waals surface area contributed by atoms with Gasteiger partial charge in [0.15, 0.2) is 0 Å². The smallest absolute Gasteiger partial charge is 0.269 e. The molecule has 0 aliphatic carbocycles. The standard InChI is InChI=1S/C19H22N4O5/c1-22(2)11-4-10-20-19(25)17(13-16-5-3-12-28-16)21-18(24)14-6-8-15(9-7-14)23(26)27/h3,5-9,12-13H,4,10-11H2,1-2H3,(H,20,25)(H,21,24)/p+1/b17-13-. The number of nitro groups is 1. The van der Waals surface area contributed by atoms with Crippen molar-refractivity contribution in [3.05, 3.63) is 69.8 Å². The predicted molar refractivity (Wildman–Crippen MR) is 103 cm³/mol. The number of nitrogens with zero attached hydrogens (tertiary/aromatic N) is 1. The Morgan fingerprint density at radius 3 is 2.50 bits per heavy atom. The highest BCUT2D eigenvalue weighted by Gasteiger charge is 2.16. The fourth-order valence-electron chi connectivity index (χ4n) is 2.34. The summed E-state index contributed by atoms with van der Waals surface area (Å²) in [4.78, 5) is 36.4. The van der Waals surface area contributed by atoms with Crippen LogP contribution in [-0.2, 0) is 4.79 Å². The third-order valence-corrected chi connectivity index (χ3v) is 3.80. The van der Waals surface area contributed by atoms with Gasteiger partial charge in [-0.3, -0.25) is 19.7 Å². The molecule has 1 aromatic heterocycles. The first-order chi connectivity index (χ1) is 13.4. The average Bonchev–Trinajstić information content (AvgIpc) is 3.17. The van der Waals surface area contributed by atoms with Gasteiger partial charge in [-0.05, 0) is 24.3 Å². The number of hydrogen-bond acceptors (Lipinski definition) is 5. The second kappa shape index (κ2) is 10.0. The highest BCUT2D eigenvalue weighted by Crippen LogP contribution is 2.13. The van der Waals surface area contributed by atoms with Gasteiger partial charge in [-0.1, -0.05) is 0 Å². The molecule has 2 amide bonds. The zero-order valence-corrected chi connectivity index (χ0v) is 15.7. The Morgan fingerprint density at radius 2 is 1.93 bits per heavy atom. The topological polar surface area (TPSA) is 119 Å². The van der Waals surface area contributed by atoms with Crippen molar-refractivity contribution in [3.8, 4) is 0 Å². The van der Waals surface area contributed by atoms with Gasteiger partial charge in [0.25, 0.3) is 17.5 Å². The quantitative estimate of drug-likeness (QED) is 0.252. The highest BCUT2D eigenvalue weighted by molar-refractivity contribution is 6.05. The van der Waals surface area contributed by atoms with E-state index in [1.807, 2.05) is 14.1 Å². The Kier molecular flexibility index (Phi) is 7.46. The SMILES string of the molecule is C[NH+](C)CCCNC(=O)/C(=C/c1ccco1)NC(=O)c1ccc([N+](=O)[O-])cc1. The molecule has 2 aromatic rings. The van der Waals surface area contributed by atoms with Crippen LogP contribution < -0.4 is 15.5 Å². The van der Waals surface area contributed by atoms with Crippen LogP contribution in [0.2, 0.25) is 0 Å². The average molecular weight is 387 g/mol. The van der Waals surface area contributed by atoms with Crippen LogP contribution in [0.25, 0.3) is 6.08 Å². The lowest BCUT2D eigenvalue weighted by Crippen LogP contribution is -3.05. The lowest BCUT2D eigenvalue weighted by Gasteiger charge is -2.11. The summed E-state index contributed by atoms with van der Waals surface area (Å²) < 4.78 is 5.21. The highest BCUT2D eigenvalue weighted by atomic mass is 16.6. The maximum Gasteiger partial charge on any atom is 0.269 e. The van der Waals surface area contributed by atoms with Gasteiger partial charge in [0.2, 0.25) is 0 Å². The van der Waals surface area contributed by atoms with E-state index >= 15 is 0 Å². The molecule has 0 bridgehead atoms. The molecule has 28 heavy (non-hydrogen) atoms. The molecule has 3 N–H and O–H groups in total. The maximum atomic E-state index is 12.5. The van der Waals surface area contributed by atoms with Crippen molar-refractivity contribution in [1.82, 2.24) is 10.6 Å². The monoisotopic (exact) mass is 387 g/mol. The molecule has 0 spiro atoms. The molecule has 148 valence electrons. The Morgan fingerprint density at radius 1 is 1.21 bits per heavy atom. The number of rotatable bonds is 9. The Labute approximate surface area is 162 Å². The van der Waals surface area contributed by atoms with E-state index < -0.39 is 16.7 Å². The summed E-state index contributed by atoms with van der Waals surface area (Å²) in [6, 6.07) is 8.44.